The zero-order chi connectivity index (χ0) is 12.9. The topological polar surface area (TPSA) is 63.3 Å². The smallest absolute Gasteiger partial charge is 0.475 e. The molecule has 0 aromatic heterocycles. The fourth-order valence-electron chi connectivity index (χ4n) is 0.520. The highest BCUT2D eigenvalue weighted by Gasteiger charge is 2.38. The Morgan fingerprint density at radius 3 is 1.94 bits per heavy atom. The number of hydrogen-bond acceptors (Lipinski definition) is 2. The van der Waals surface area contributed by atoms with Crippen LogP contribution in [0.25, 0.3) is 0 Å². The summed E-state index contributed by atoms with van der Waals surface area (Å²) >= 11 is 0. The van der Waals surface area contributed by atoms with E-state index >= 15 is 0 Å². The molecule has 3 N–H and O–H groups in total. The number of alkyl halides is 3. The van der Waals surface area contributed by atoms with Crippen molar-refractivity contribution in [1.82, 2.24) is 0 Å². The number of aliphatic carboxylic acids is 1. The molecule has 0 radical (unpaired) electrons. The normalized spacial score (nSPS) is 10.3. The van der Waals surface area contributed by atoms with Gasteiger partial charge in [-0.25, -0.2) is 13.6 Å². The van der Waals surface area contributed by atoms with E-state index in [9.17, 15) is 22.0 Å². The number of nitrogen functional groups attached to an aromatic ring is 1. The molecule has 0 fully saturated rings. The first kappa shape index (κ1) is 14.1. The fraction of sp³-hybridized carbons (Fsp3) is 0.125. The van der Waals surface area contributed by atoms with Crippen LogP contribution in [-0.2, 0) is 4.79 Å². The monoisotopic (exact) mass is 243 g/mol. The van der Waals surface area contributed by atoms with Crippen LogP contribution in [0.5, 0.6) is 0 Å². The summed E-state index contributed by atoms with van der Waals surface area (Å²) in [7, 11) is 0. The number of carbonyl (C=O) groups is 1. The number of carboxylic acid groups (broad SMARTS) is 1. The number of carboxylic acids is 1. The summed E-state index contributed by atoms with van der Waals surface area (Å²) < 4.78 is 56.1. The van der Waals surface area contributed by atoms with Crippen molar-refractivity contribution in [3.05, 3.63) is 29.8 Å². The maximum atomic E-state index is 12.2. The zero-order valence-electron chi connectivity index (χ0n) is 7.55. The van der Waals surface area contributed by atoms with Crippen molar-refractivity contribution in [2.24, 2.45) is 0 Å². The lowest BCUT2D eigenvalue weighted by atomic mass is 10.3. The van der Waals surface area contributed by atoms with Crippen molar-refractivity contribution in [3.63, 3.8) is 0 Å². The molecule has 0 heterocycles. The third kappa shape index (κ3) is 4.58. The molecule has 0 aliphatic rings. The summed E-state index contributed by atoms with van der Waals surface area (Å²) in [5.74, 6) is -4.64. The summed E-state index contributed by atoms with van der Waals surface area (Å²) in [5, 5.41) is 7.12. The van der Waals surface area contributed by atoms with Gasteiger partial charge in [-0.2, -0.15) is 13.2 Å². The minimum Gasteiger partial charge on any atom is -0.475 e. The molecule has 1 aromatic rings. The van der Waals surface area contributed by atoms with Crippen LogP contribution in [0.3, 0.4) is 0 Å². The van der Waals surface area contributed by atoms with E-state index in [2.05, 4.69) is 0 Å². The SMILES string of the molecule is Nc1cccc(F)c1F.O=C(O)C(F)(F)F. The predicted octanol–water partition coefficient (Wildman–Crippen LogP) is 2.18. The molecule has 0 unspecified atom stereocenters. The highest BCUT2D eigenvalue weighted by Crippen LogP contribution is 2.13. The first-order chi connectivity index (χ1) is 7.16. The van der Waals surface area contributed by atoms with E-state index in [4.69, 9.17) is 15.6 Å². The molecular weight excluding hydrogens is 237 g/mol. The Labute approximate surface area is 86.3 Å². The Morgan fingerprint density at radius 1 is 1.25 bits per heavy atom. The first-order valence-corrected chi connectivity index (χ1v) is 3.66. The summed E-state index contributed by atoms with van der Waals surface area (Å²) in [4.78, 5) is 8.90. The Balaban J connectivity index is 0.000000293. The maximum Gasteiger partial charge on any atom is 0.490 e. The molecule has 0 saturated carbocycles. The van der Waals surface area contributed by atoms with Gasteiger partial charge in [-0.15, -0.1) is 0 Å². The second-order valence-electron chi connectivity index (χ2n) is 2.45. The summed E-state index contributed by atoms with van der Waals surface area (Å²) in [5.41, 5.74) is 4.85. The van der Waals surface area contributed by atoms with Gasteiger partial charge in [0.25, 0.3) is 0 Å². The minimum absolute atomic E-state index is 0.157. The van der Waals surface area contributed by atoms with E-state index in [1.165, 1.54) is 12.1 Å². The number of benzene rings is 1. The van der Waals surface area contributed by atoms with Crippen LogP contribution in [0.2, 0.25) is 0 Å². The van der Waals surface area contributed by atoms with Gasteiger partial charge in [-0.1, -0.05) is 6.07 Å². The molecule has 0 amide bonds. The number of halogens is 5. The second kappa shape index (κ2) is 5.29. The van der Waals surface area contributed by atoms with Gasteiger partial charge >= 0.3 is 12.1 Å². The van der Waals surface area contributed by atoms with Crippen LogP contribution >= 0.6 is 0 Å². The molecule has 1 aromatic carbocycles. The van der Waals surface area contributed by atoms with Crippen molar-refractivity contribution in [2.45, 2.75) is 6.18 Å². The minimum atomic E-state index is -5.08. The highest BCUT2D eigenvalue weighted by atomic mass is 19.4. The van der Waals surface area contributed by atoms with Crippen LogP contribution < -0.4 is 5.73 Å². The largest absolute Gasteiger partial charge is 0.490 e. The van der Waals surface area contributed by atoms with Gasteiger partial charge in [0.2, 0.25) is 0 Å². The molecular formula is C8H6F5NO2. The van der Waals surface area contributed by atoms with Gasteiger partial charge in [0.05, 0.1) is 5.69 Å². The standard InChI is InChI=1S/C6H5F2N.C2HF3O2/c7-4-2-1-3-5(9)6(4)8;3-2(4,5)1(6)7/h1-3H,9H2;(H,6,7). The average Bonchev–Trinajstić information content (AvgIpc) is 2.13. The number of nitrogens with two attached hydrogens (primary N) is 1. The molecule has 90 valence electrons. The van der Waals surface area contributed by atoms with Crippen LogP contribution in [0, 0.1) is 11.6 Å². The Kier molecular flexibility index (Phi) is 4.67. The predicted molar refractivity (Wildman–Crippen MR) is 44.5 cm³/mol. The van der Waals surface area contributed by atoms with E-state index in [1.807, 2.05) is 0 Å². The third-order valence-electron chi connectivity index (χ3n) is 1.22. The summed E-state index contributed by atoms with van der Waals surface area (Å²) in [6.45, 7) is 0. The van der Waals surface area contributed by atoms with Crippen molar-refractivity contribution >= 4 is 11.7 Å². The van der Waals surface area contributed by atoms with Gasteiger partial charge in [-0.3, -0.25) is 0 Å². The van der Waals surface area contributed by atoms with E-state index in [0.29, 0.717) is 0 Å². The molecule has 3 nitrogen and oxygen atoms in total. The van der Waals surface area contributed by atoms with Crippen molar-refractivity contribution in [3.8, 4) is 0 Å². The van der Waals surface area contributed by atoms with E-state index in [-0.39, 0.29) is 5.69 Å². The zero-order valence-corrected chi connectivity index (χ0v) is 7.55. The molecule has 0 spiro atoms. The van der Waals surface area contributed by atoms with Crippen LogP contribution in [0.1, 0.15) is 0 Å². The summed E-state index contributed by atoms with van der Waals surface area (Å²) in [6, 6.07) is 3.68. The average molecular weight is 243 g/mol. The second-order valence-corrected chi connectivity index (χ2v) is 2.45. The van der Waals surface area contributed by atoms with Gasteiger partial charge in [-0.05, 0) is 12.1 Å². The quantitative estimate of drug-likeness (QED) is 0.542. The Hall–Kier alpha value is -1.86. The number of anilines is 1. The van der Waals surface area contributed by atoms with E-state index in [1.54, 1.807) is 0 Å². The highest BCUT2D eigenvalue weighted by molar-refractivity contribution is 5.73. The molecule has 16 heavy (non-hydrogen) atoms. The maximum absolute atomic E-state index is 12.2. The lowest BCUT2D eigenvalue weighted by Gasteiger charge is -1.93. The molecule has 1 rings (SSSR count). The molecule has 8 heteroatoms. The lowest BCUT2D eigenvalue weighted by molar-refractivity contribution is -0.192. The number of rotatable bonds is 0. The van der Waals surface area contributed by atoms with Crippen molar-refractivity contribution < 1.29 is 31.9 Å². The van der Waals surface area contributed by atoms with Gasteiger partial charge in [0.15, 0.2) is 11.6 Å². The van der Waals surface area contributed by atoms with Crippen molar-refractivity contribution in [1.29, 1.82) is 0 Å². The van der Waals surface area contributed by atoms with E-state index < -0.39 is 23.8 Å². The Morgan fingerprint density at radius 2 is 1.69 bits per heavy atom. The molecule has 0 saturated heterocycles. The van der Waals surface area contributed by atoms with Gasteiger partial charge in [0.1, 0.15) is 0 Å². The van der Waals surface area contributed by atoms with Crippen LogP contribution in [0.15, 0.2) is 18.2 Å². The number of hydrogen-bond donors (Lipinski definition) is 2. The molecule has 0 aliphatic heterocycles. The van der Waals surface area contributed by atoms with E-state index in [0.717, 1.165) is 6.07 Å². The molecule has 0 aliphatic carbocycles. The molecule has 0 bridgehead atoms. The van der Waals surface area contributed by atoms with Crippen LogP contribution in [0.4, 0.5) is 27.6 Å². The van der Waals surface area contributed by atoms with Gasteiger partial charge < -0.3 is 10.8 Å². The van der Waals surface area contributed by atoms with Gasteiger partial charge in [0, 0.05) is 0 Å². The van der Waals surface area contributed by atoms with Crippen molar-refractivity contribution in [2.75, 3.05) is 5.73 Å². The lowest BCUT2D eigenvalue weighted by Crippen LogP contribution is -2.21. The summed E-state index contributed by atoms with van der Waals surface area (Å²) in [6.07, 6.45) is -5.08. The van der Waals surface area contributed by atoms with Crippen LogP contribution in [-0.4, -0.2) is 17.3 Å². The third-order valence-corrected chi connectivity index (χ3v) is 1.22. The first-order valence-electron chi connectivity index (χ1n) is 3.66. The Bertz CT molecular complexity index is 357. The molecule has 0 atom stereocenters. The fourth-order valence-corrected chi connectivity index (χ4v) is 0.520.